The predicted molar refractivity (Wildman–Crippen MR) is 120 cm³/mol. The van der Waals surface area contributed by atoms with Gasteiger partial charge in [0.05, 0.1) is 17.9 Å². The number of aryl methyl sites for hydroxylation is 3. The van der Waals surface area contributed by atoms with Crippen molar-refractivity contribution >= 4 is 29.9 Å². The number of benzene rings is 1. The molecule has 0 fully saturated rings. The molecule has 0 aliphatic rings. The van der Waals surface area contributed by atoms with E-state index in [4.69, 9.17) is 8.94 Å². The molecule has 150 valence electrons. The number of hydrogen-bond acceptors (Lipinski definition) is 5. The van der Waals surface area contributed by atoms with E-state index in [1.807, 2.05) is 38.1 Å². The SMILES string of the molecule is CN=C(NCCc1c(C)noc1C)NCc1coc(-c2ccc(C)cc2)n1.I. The molecule has 3 aromatic rings. The summed E-state index contributed by atoms with van der Waals surface area (Å²) in [4.78, 5) is 8.77. The Morgan fingerprint density at radius 1 is 1.11 bits per heavy atom. The molecule has 0 spiro atoms. The minimum Gasteiger partial charge on any atom is -0.444 e. The standard InChI is InChI=1S/C20H25N5O2.HI/c1-13-5-7-16(8-6-13)19-24-17(12-26-19)11-23-20(21-4)22-10-9-18-14(2)25-27-15(18)3;/h5-8,12H,9-11H2,1-4H3,(H2,21,22,23);1H. The summed E-state index contributed by atoms with van der Waals surface area (Å²) in [7, 11) is 1.74. The van der Waals surface area contributed by atoms with Gasteiger partial charge in [-0.1, -0.05) is 22.9 Å². The van der Waals surface area contributed by atoms with Gasteiger partial charge >= 0.3 is 0 Å². The van der Waals surface area contributed by atoms with Crippen LogP contribution in [0.2, 0.25) is 0 Å². The highest BCUT2D eigenvalue weighted by molar-refractivity contribution is 14.0. The third-order valence-electron chi connectivity index (χ3n) is 4.36. The number of nitrogens with one attached hydrogen (secondary N) is 2. The van der Waals surface area contributed by atoms with Crippen molar-refractivity contribution in [2.75, 3.05) is 13.6 Å². The van der Waals surface area contributed by atoms with E-state index >= 15 is 0 Å². The Bertz CT molecular complexity index is 896. The van der Waals surface area contributed by atoms with E-state index in [2.05, 4.69) is 32.7 Å². The first-order valence-corrected chi connectivity index (χ1v) is 8.94. The fraction of sp³-hybridized carbons (Fsp3) is 0.350. The van der Waals surface area contributed by atoms with Crippen molar-refractivity contribution in [2.45, 2.75) is 33.7 Å². The Hall–Kier alpha value is -2.36. The topological polar surface area (TPSA) is 88.5 Å². The zero-order valence-corrected chi connectivity index (χ0v) is 18.9. The maximum Gasteiger partial charge on any atom is 0.226 e. The van der Waals surface area contributed by atoms with Crippen LogP contribution in [0.1, 0.15) is 28.3 Å². The number of rotatable bonds is 6. The highest BCUT2D eigenvalue weighted by Crippen LogP contribution is 2.19. The van der Waals surface area contributed by atoms with Gasteiger partial charge in [-0.25, -0.2) is 4.98 Å². The zero-order valence-electron chi connectivity index (χ0n) is 16.6. The Kier molecular flexibility index (Phi) is 8.04. The van der Waals surface area contributed by atoms with E-state index in [9.17, 15) is 0 Å². The summed E-state index contributed by atoms with van der Waals surface area (Å²) < 4.78 is 10.8. The van der Waals surface area contributed by atoms with Gasteiger partial charge in [-0.2, -0.15) is 0 Å². The molecule has 0 saturated heterocycles. The molecule has 7 nitrogen and oxygen atoms in total. The molecule has 0 atom stereocenters. The van der Waals surface area contributed by atoms with E-state index in [1.165, 1.54) is 5.56 Å². The highest BCUT2D eigenvalue weighted by Gasteiger charge is 2.10. The summed E-state index contributed by atoms with van der Waals surface area (Å²) in [5, 5.41) is 10.5. The Morgan fingerprint density at radius 2 is 1.86 bits per heavy atom. The molecule has 0 radical (unpaired) electrons. The molecule has 0 saturated carbocycles. The van der Waals surface area contributed by atoms with Crippen molar-refractivity contribution in [1.82, 2.24) is 20.8 Å². The maximum absolute atomic E-state index is 5.58. The number of aromatic nitrogens is 2. The van der Waals surface area contributed by atoms with Crippen molar-refractivity contribution in [1.29, 1.82) is 0 Å². The first-order chi connectivity index (χ1) is 13.1. The van der Waals surface area contributed by atoms with Crippen LogP contribution in [0.25, 0.3) is 11.5 Å². The second kappa shape index (κ2) is 10.3. The molecule has 0 aliphatic carbocycles. The van der Waals surface area contributed by atoms with Gasteiger partial charge in [0.15, 0.2) is 5.96 Å². The largest absolute Gasteiger partial charge is 0.444 e. The number of oxazole rings is 1. The van der Waals surface area contributed by atoms with Gasteiger partial charge in [-0.15, -0.1) is 24.0 Å². The fourth-order valence-corrected chi connectivity index (χ4v) is 2.78. The molecule has 2 N–H and O–H groups in total. The van der Waals surface area contributed by atoms with Crippen LogP contribution in [0.15, 0.2) is 44.5 Å². The predicted octanol–water partition coefficient (Wildman–Crippen LogP) is 3.78. The lowest BCUT2D eigenvalue weighted by Crippen LogP contribution is -2.38. The molecule has 0 aliphatic heterocycles. The molecule has 0 unspecified atom stereocenters. The van der Waals surface area contributed by atoms with Crippen LogP contribution < -0.4 is 10.6 Å². The van der Waals surface area contributed by atoms with Gasteiger partial charge < -0.3 is 19.6 Å². The lowest BCUT2D eigenvalue weighted by Gasteiger charge is -2.10. The van der Waals surface area contributed by atoms with Crippen molar-refractivity contribution in [3.63, 3.8) is 0 Å². The van der Waals surface area contributed by atoms with E-state index in [0.29, 0.717) is 18.4 Å². The van der Waals surface area contributed by atoms with Crippen molar-refractivity contribution in [3.05, 3.63) is 58.8 Å². The fourth-order valence-electron chi connectivity index (χ4n) is 2.78. The maximum atomic E-state index is 5.58. The molecular formula is C20H26IN5O2. The summed E-state index contributed by atoms with van der Waals surface area (Å²) in [5.74, 6) is 2.19. The molecular weight excluding hydrogens is 469 g/mol. The molecule has 0 bridgehead atoms. The number of nitrogens with zero attached hydrogens (tertiary/aromatic N) is 3. The second-order valence-corrected chi connectivity index (χ2v) is 6.42. The summed E-state index contributed by atoms with van der Waals surface area (Å²) in [5.41, 5.74) is 5.06. The Balaban J connectivity index is 0.00000280. The first kappa shape index (κ1) is 21.9. The second-order valence-electron chi connectivity index (χ2n) is 6.42. The third kappa shape index (κ3) is 5.57. The van der Waals surface area contributed by atoms with Gasteiger partial charge in [0.25, 0.3) is 0 Å². The molecule has 1 aromatic carbocycles. The average molecular weight is 495 g/mol. The smallest absolute Gasteiger partial charge is 0.226 e. The number of guanidine groups is 1. The van der Waals surface area contributed by atoms with Gasteiger partial charge in [0.2, 0.25) is 5.89 Å². The highest BCUT2D eigenvalue weighted by atomic mass is 127. The monoisotopic (exact) mass is 495 g/mol. The van der Waals surface area contributed by atoms with Crippen LogP contribution in [0.5, 0.6) is 0 Å². The van der Waals surface area contributed by atoms with Crippen LogP contribution in [0.4, 0.5) is 0 Å². The first-order valence-electron chi connectivity index (χ1n) is 8.94. The zero-order chi connectivity index (χ0) is 19.2. The Labute approximate surface area is 182 Å². The summed E-state index contributed by atoms with van der Waals surface area (Å²) in [6.07, 6.45) is 2.49. The van der Waals surface area contributed by atoms with Gasteiger partial charge in [-0.3, -0.25) is 4.99 Å². The van der Waals surface area contributed by atoms with Crippen molar-refractivity contribution in [3.8, 4) is 11.5 Å². The number of aliphatic imine (C=N–C) groups is 1. The molecule has 3 rings (SSSR count). The molecule has 28 heavy (non-hydrogen) atoms. The minimum absolute atomic E-state index is 0. The minimum atomic E-state index is 0. The lowest BCUT2D eigenvalue weighted by atomic mass is 10.1. The third-order valence-corrected chi connectivity index (χ3v) is 4.36. The van der Waals surface area contributed by atoms with Crippen molar-refractivity contribution in [2.24, 2.45) is 4.99 Å². The van der Waals surface area contributed by atoms with Crippen LogP contribution in [-0.2, 0) is 13.0 Å². The van der Waals surface area contributed by atoms with Crippen LogP contribution >= 0.6 is 24.0 Å². The normalized spacial score (nSPS) is 11.2. The summed E-state index contributed by atoms with van der Waals surface area (Å²) in [6.45, 7) is 7.20. The molecule has 2 heterocycles. The van der Waals surface area contributed by atoms with E-state index in [1.54, 1.807) is 13.3 Å². The van der Waals surface area contributed by atoms with E-state index < -0.39 is 0 Å². The van der Waals surface area contributed by atoms with Gasteiger partial charge in [-0.05, 0) is 39.3 Å². The molecule has 2 aromatic heterocycles. The molecule has 8 heteroatoms. The van der Waals surface area contributed by atoms with Gasteiger partial charge in [0.1, 0.15) is 12.0 Å². The quantitative estimate of drug-likeness (QED) is 0.308. The van der Waals surface area contributed by atoms with Crippen LogP contribution in [0, 0.1) is 20.8 Å². The van der Waals surface area contributed by atoms with Gasteiger partial charge in [0, 0.05) is 24.7 Å². The van der Waals surface area contributed by atoms with Crippen LogP contribution in [-0.4, -0.2) is 29.7 Å². The van der Waals surface area contributed by atoms with Crippen molar-refractivity contribution < 1.29 is 8.94 Å². The van der Waals surface area contributed by atoms with E-state index in [0.717, 1.165) is 41.2 Å². The average Bonchev–Trinajstić information content (AvgIpc) is 3.26. The van der Waals surface area contributed by atoms with E-state index in [-0.39, 0.29) is 24.0 Å². The number of halogens is 1. The van der Waals surface area contributed by atoms with Crippen LogP contribution in [0.3, 0.4) is 0 Å². The number of hydrogen-bond donors (Lipinski definition) is 2. The summed E-state index contributed by atoms with van der Waals surface area (Å²) >= 11 is 0. The molecule has 0 amide bonds. The summed E-state index contributed by atoms with van der Waals surface area (Å²) in [6, 6.07) is 8.10. The lowest BCUT2D eigenvalue weighted by molar-refractivity contribution is 0.392. The Morgan fingerprint density at radius 3 is 2.50 bits per heavy atom.